The minimum absolute atomic E-state index is 0.271. The van der Waals surface area contributed by atoms with Crippen molar-refractivity contribution in [1.82, 2.24) is 0 Å². The first-order valence-electron chi connectivity index (χ1n) is 4.71. The summed E-state index contributed by atoms with van der Waals surface area (Å²) in [4.78, 5) is 0. The van der Waals surface area contributed by atoms with Crippen LogP contribution in [-0.2, 0) is 0 Å². The molecule has 3 heteroatoms. The smallest absolute Gasteiger partial charge is 0.136 e. The van der Waals surface area contributed by atoms with Crippen LogP contribution in [0.1, 0.15) is 20.3 Å². The molecule has 0 N–H and O–H groups in total. The average Bonchev–Trinajstić information content (AvgIpc) is 2.19. The van der Waals surface area contributed by atoms with Gasteiger partial charge in [-0.2, -0.15) is 0 Å². The molecule has 0 aromatic heterocycles. The fraction of sp³-hybridized carbons (Fsp3) is 0.455. The van der Waals surface area contributed by atoms with Crippen LogP contribution >= 0.6 is 15.9 Å². The second-order valence-electron chi connectivity index (χ2n) is 3.40. The molecule has 0 saturated heterocycles. The Morgan fingerprint density at radius 2 is 2.21 bits per heavy atom. The molecule has 0 radical (unpaired) electrons. The van der Waals surface area contributed by atoms with Crippen molar-refractivity contribution in [3.8, 4) is 5.75 Å². The van der Waals surface area contributed by atoms with Crippen molar-refractivity contribution in [2.24, 2.45) is 5.92 Å². The van der Waals surface area contributed by atoms with E-state index in [9.17, 15) is 4.39 Å². The molecule has 0 spiro atoms. The van der Waals surface area contributed by atoms with Gasteiger partial charge in [-0.05, 0) is 34.0 Å². The number of hydrogen-bond donors (Lipinski definition) is 0. The van der Waals surface area contributed by atoms with Crippen molar-refractivity contribution in [2.45, 2.75) is 20.3 Å². The van der Waals surface area contributed by atoms with Gasteiger partial charge in [-0.1, -0.05) is 20.3 Å². The third kappa shape index (κ3) is 3.29. The highest BCUT2D eigenvalue weighted by Gasteiger charge is 2.05. The van der Waals surface area contributed by atoms with Crippen molar-refractivity contribution in [3.05, 3.63) is 28.5 Å². The van der Waals surface area contributed by atoms with Crippen LogP contribution in [0, 0.1) is 11.7 Å². The molecular weight excluding hydrogens is 247 g/mol. The summed E-state index contributed by atoms with van der Waals surface area (Å²) in [6.07, 6.45) is 1.06. The minimum Gasteiger partial charge on any atom is -0.492 e. The van der Waals surface area contributed by atoms with Gasteiger partial charge in [0.15, 0.2) is 0 Å². The van der Waals surface area contributed by atoms with Crippen LogP contribution in [0.3, 0.4) is 0 Å². The number of rotatable bonds is 4. The van der Waals surface area contributed by atoms with E-state index in [1.54, 1.807) is 6.07 Å². The van der Waals surface area contributed by atoms with E-state index in [0.29, 0.717) is 18.3 Å². The van der Waals surface area contributed by atoms with Gasteiger partial charge >= 0.3 is 0 Å². The third-order valence-corrected chi connectivity index (χ3v) is 2.77. The van der Waals surface area contributed by atoms with Gasteiger partial charge in [0.1, 0.15) is 11.6 Å². The van der Waals surface area contributed by atoms with Gasteiger partial charge in [-0.3, -0.25) is 0 Å². The minimum atomic E-state index is -0.271. The second-order valence-corrected chi connectivity index (χ2v) is 4.25. The van der Waals surface area contributed by atoms with Crippen LogP contribution in [0.2, 0.25) is 0 Å². The van der Waals surface area contributed by atoms with Gasteiger partial charge in [0.25, 0.3) is 0 Å². The molecule has 0 amide bonds. The molecule has 1 rings (SSSR count). The van der Waals surface area contributed by atoms with E-state index < -0.39 is 0 Å². The monoisotopic (exact) mass is 260 g/mol. The Bertz CT molecular complexity index is 301. The van der Waals surface area contributed by atoms with Crippen molar-refractivity contribution < 1.29 is 9.13 Å². The molecule has 0 aliphatic rings. The number of benzene rings is 1. The quantitative estimate of drug-likeness (QED) is 0.795. The number of ether oxygens (including phenoxy) is 1. The van der Waals surface area contributed by atoms with Gasteiger partial charge in [-0.25, -0.2) is 4.39 Å². The molecule has 1 unspecified atom stereocenters. The molecule has 0 saturated carbocycles. The summed E-state index contributed by atoms with van der Waals surface area (Å²) >= 11 is 3.31. The molecule has 0 fully saturated rings. The van der Waals surface area contributed by atoms with E-state index in [-0.39, 0.29) is 5.82 Å². The first-order valence-corrected chi connectivity index (χ1v) is 5.50. The molecule has 14 heavy (non-hydrogen) atoms. The molecule has 1 atom stereocenters. The maximum Gasteiger partial charge on any atom is 0.136 e. The lowest BCUT2D eigenvalue weighted by atomic mass is 10.1. The SMILES string of the molecule is CCC(C)COc1cc(F)ccc1Br. The molecule has 0 aliphatic heterocycles. The molecule has 0 bridgehead atoms. The zero-order chi connectivity index (χ0) is 10.6. The topological polar surface area (TPSA) is 9.23 Å². The van der Waals surface area contributed by atoms with Gasteiger partial charge in [-0.15, -0.1) is 0 Å². The van der Waals surface area contributed by atoms with E-state index in [1.807, 2.05) is 0 Å². The van der Waals surface area contributed by atoms with E-state index >= 15 is 0 Å². The van der Waals surface area contributed by atoms with Crippen molar-refractivity contribution in [1.29, 1.82) is 0 Å². The van der Waals surface area contributed by atoms with Crippen LogP contribution < -0.4 is 4.74 Å². The Labute approximate surface area is 92.4 Å². The zero-order valence-electron chi connectivity index (χ0n) is 8.39. The van der Waals surface area contributed by atoms with E-state index in [4.69, 9.17) is 4.74 Å². The molecule has 1 aromatic carbocycles. The summed E-state index contributed by atoms with van der Waals surface area (Å²) in [6, 6.07) is 4.45. The molecular formula is C11H14BrFO. The van der Waals surface area contributed by atoms with Gasteiger partial charge in [0, 0.05) is 6.07 Å². The second kappa shape index (κ2) is 5.35. The summed E-state index contributed by atoms with van der Waals surface area (Å²) in [7, 11) is 0. The Kier molecular flexibility index (Phi) is 4.39. The average molecular weight is 261 g/mol. The van der Waals surface area contributed by atoms with Crippen molar-refractivity contribution in [2.75, 3.05) is 6.61 Å². The summed E-state index contributed by atoms with van der Waals surface area (Å²) < 4.78 is 19.1. The molecule has 1 nitrogen and oxygen atoms in total. The van der Waals surface area contributed by atoms with Gasteiger partial charge < -0.3 is 4.74 Å². The molecule has 1 aromatic rings. The normalized spacial score (nSPS) is 12.6. The highest BCUT2D eigenvalue weighted by Crippen LogP contribution is 2.26. The van der Waals surface area contributed by atoms with Crippen LogP contribution in [0.25, 0.3) is 0 Å². The largest absolute Gasteiger partial charge is 0.492 e. The predicted molar refractivity (Wildman–Crippen MR) is 59.1 cm³/mol. The first-order chi connectivity index (χ1) is 6.63. The van der Waals surface area contributed by atoms with Crippen LogP contribution in [-0.4, -0.2) is 6.61 Å². The highest BCUT2D eigenvalue weighted by molar-refractivity contribution is 9.10. The summed E-state index contributed by atoms with van der Waals surface area (Å²) in [5.74, 6) is 0.794. The van der Waals surface area contributed by atoms with Crippen molar-refractivity contribution >= 4 is 15.9 Å². The summed E-state index contributed by atoms with van der Waals surface area (Å²) in [6.45, 7) is 4.83. The van der Waals surface area contributed by atoms with E-state index in [2.05, 4.69) is 29.8 Å². The number of halogens is 2. The lowest BCUT2D eigenvalue weighted by Gasteiger charge is -2.12. The van der Waals surface area contributed by atoms with E-state index in [0.717, 1.165) is 10.9 Å². The van der Waals surface area contributed by atoms with Gasteiger partial charge in [0.2, 0.25) is 0 Å². The molecule has 0 aliphatic carbocycles. The first kappa shape index (κ1) is 11.5. The van der Waals surface area contributed by atoms with E-state index in [1.165, 1.54) is 12.1 Å². The number of hydrogen-bond acceptors (Lipinski definition) is 1. The fourth-order valence-corrected chi connectivity index (χ4v) is 1.30. The Morgan fingerprint density at radius 1 is 1.50 bits per heavy atom. The Hall–Kier alpha value is -0.570. The van der Waals surface area contributed by atoms with Crippen LogP contribution in [0.4, 0.5) is 4.39 Å². The third-order valence-electron chi connectivity index (χ3n) is 2.11. The predicted octanol–water partition coefficient (Wildman–Crippen LogP) is 4.01. The Balaban J connectivity index is 2.62. The highest BCUT2D eigenvalue weighted by atomic mass is 79.9. The van der Waals surface area contributed by atoms with Gasteiger partial charge in [0.05, 0.1) is 11.1 Å². The van der Waals surface area contributed by atoms with Crippen LogP contribution in [0.5, 0.6) is 5.75 Å². The maximum absolute atomic E-state index is 12.9. The molecule has 78 valence electrons. The van der Waals surface area contributed by atoms with Crippen molar-refractivity contribution in [3.63, 3.8) is 0 Å². The fourth-order valence-electron chi connectivity index (χ4n) is 0.938. The zero-order valence-corrected chi connectivity index (χ0v) is 9.97. The lowest BCUT2D eigenvalue weighted by Crippen LogP contribution is -2.07. The summed E-state index contributed by atoms with van der Waals surface area (Å²) in [5, 5.41) is 0. The standard InChI is InChI=1S/C11H14BrFO/c1-3-8(2)7-14-11-6-9(13)4-5-10(11)12/h4-6,8H,3,7H2,1-2H3. The maximum atomic E-state index is 12.9. The molecule has 0 heterocycles. The lowest BCUT2D eigenvalue weighted by molar-refractivity contribution is 0.254. The Morgan fingerprint density at radius 3 is 2.86 bits per heavy atom. The van der Waals surface area contributed by atoms with Crippen LogP contribution in [0.15, 0.2) is 22.7 Å². The summed E-state index contributed by atoms with van der Waals surface area (Å²) in [5.41, 5.74) is 0.